The van der Waals surface area contributed by atoms with E-state index in [4.69, 9.17) is 11.6 Å². The van der Waals surface area contributed by atoms with Gasteiger partial charge in [-0.25, -0.2) is 17.8 Å². The minimum atomic E-state index is -3.63. The summed E-state index contributed by atoms with van der Waals surface area (Å²) in [6.45, 7) is 0. The predicted octanol–water partition coefficient (Wildman–Crippen LogP) is 1.28. The van der Waals surface area contributed by atoms with E-state index in [0.717, 1.165) is 12.3 Å². The molecule has 0 aliphatic carbocycles. The molecule has 12 heavy (non-hydrogen) atoms. The molecule has 1 aromatic rings. The van der Waals surface area contributed by atoms with Crippen molar-refractivity contribution in [2.75, 3.05) is 6.26 Å². The van der Waals surface area contributed by atoms with Gasteiger partial charge >= 0.3 is 0 Å². The van der Waals surface area contributed by atoms with E-state index in [1.807, 2.05) is 0 Å². The summed E-state index contributed by atoms with van der Waals surface area (Å²) in [6, 6.07) is 2.15. The van der Waals surface area contributed by atoms with Crippen LogP contribution in [0.3, 0.4) is 0 Å². The molecule has 1 rings (SSSR count). The summed E-state index contributed by atoms with van der Waals surface area (Å²) in [4.78, 5) is 3.35. The van der Waals surface area contributed by atoms with Gasteiger partial charge in [-0.15, -0.1) is 0 Å². The molecule has 1 heterocycles. The van der Waals surface area contributed by atoms with Crippen molar-refractivity contribution in [2.24, 2.45) is 0 Å². The number of sulfone groups is 1. The highest BCUT2D eigenvalue weighted by atomic mass is 35.5. The summed E-state index contributed by atoms with van der Waals surface area (Å²) in [7, 11) is -3.63. The number of hydrogen-bond acceptors (Lipinski definition) is 3. The van der Waals surface area contributed by atoms with Crippen LogP contribution in [0.2, 0.25) is 5.15 Å². The first-order valence-corrected chi connectivity index (χ1v) is 5.20. The average molecular weight is 210 g/mol. The second kappa shape index (κ2) is 2.99. The lowest BCUT2D eigenvalue weighted by Gasteiger charge is -1.98. The Hall–Kier alpha value is -0.680. The molecule has 0 aliphatic heterocycles. The molecule has 6 heteroatoms. The highest BCUT2D eigenvalue weighted by Gasteiger charge is 2.15. The summed E-state index contributed by atoms with van der Waals surface area (Å²) in [6.07, 6.45) is 0.870. The van der Waals surface area contributed by atoms with Gasteiger partial charge in [0.2, 0.25) is 0 Å². The zero-order chi connectivity index (χ0) is 9.35. The highest BCUT2D eigenvalue weighted by molar-refractivity contribution is 7.90. The first-order valence-electron chi connectivity index (χ1n) is 2.93. The van der Waals surface area contributed by atoms with Crippen LogP contribution in [0.1, 0.15) is 0 Å². The minimum absolute atomic E-state index is 0.0446. The maximum Gasteiger partial charge on any atom is 0.195 e. The van der Waals surface area contributed by atoms with E-state index in [1.54, 1.807) is 0 Å². The fourth-order valence-electron chi connectivity index (χ4n) is 0.661. The second-order valence-electron chi connectivity index (χ2n) is 2.19. The third-order valence-corrected chi connectivity index (χ3v) is 2.33. The third kappa shape index (κ3) is 1.92. The molecule has 0 unspecified atom stereocenters. The number of halogens is 2. The fraction of sp³-hybridized carbons (Fsp3) is 0.167. The van der Waals surface area contributed by atoms with Crippen LogP contribution in [0.15, 0.2) is 17.2 Å². The molecule has 0 radical (unpaired) electrons. The summed E-state index contributed by atoms with van der Waals surface area (Å²) in [5, 5.41) is -0.660. The summed E-state index contributed by atoms with van der Waals surface area (Å²) in [5.74, 6) is -0.887. The second-order valence-corrected chi connectivity index (χ2v) is 4.51. The van der Waals surface area contributed by atoms with E-state index in [0.29, 0.717) is 0 Å². The van der Waals surface area contributed by atoms with Gasteiger partial charge in [-0.3, -0.25) is 0 Å². The van der Waals surface area contributed by atoms with Crippen molar-refractivity contribution in [2.45, 2.75) is 5.03 Å². The normalized spacial score (nSPS) is 11.6. The zero-order valence-electron chi connectivity index (χ0n) is 6.08. The van der Waals surface area contributed by atoms with Crippen LogP contribution < -0.4 is 0 Å². The van der Waals surface area contributed by atoms with E-state index >= 15 is 0 Å². The van der Waals surface area contributed by atoms with Crippen molar-refractivity contribution in [1.29, 1.82) is 0 Å². The Morgan fingerprint density at radius 2 is 2.08 bits per heavy atom. The molecule has 3 nitrogen and oxygen atoms in total. The van der Waals surface area contributed by atoms with Crippen LogP contribution in [-0.4, -0.2) is 19.7 Å². The molecule has 0 fully saturated rings. The highest BCUT2D eigenvalue weighted by Crippen LogP contribution is 2.14. The van der Waals surface area contributed by atoms with Gasteiger partial charge in [-0.2, -0.15) is 0 Å². The Balaban J connectivity index is 3.43. The van der Waals surface area contributed by atoms with E-state index in [1.165, 1.54) is 6.07 Å². The Morgan fingerprint density at radius 3 is 2.50 bits per heavy atom. The Bertz CT molecular complexity index is 404. The monoisotopic (exact) mass is 209 g/mol. The Morgan fingerprint density at radius 1 is 1.50 bits per heavy atom. The van der Waals surface area contributed by atoms with Crippen molar-refractivity contribution < 1.29 is 12.8 Å². The first kappa shape index (κ1) is 9.41. The maximum atomic E-state index is 12.8. The molecule has 0 saturated carbocycles. The van der Waals surface area contributed by atoms with Gasteiger partial charge in [-0.1, -0.05) is 11.6 Å². The average Bonchev–Trinajstić information content (AvgIpc) is 1.92. The standard InChI is InChI=1S/C6H5ClFNO2S/c1-12(10,11)6-4(8)2-3-5(7)9-6/h2-3H,1H3. The lowest BCUT2D eigenvalue weighted by atomic mass is 10.5. The maximum absolute atomic E-state index is 12.8. The van der Waals surface area contributed by atoms with Crippen LogP contribution in [0.5, 0.6) is 0 Å². The molecule has 0 aliphatic rings. The molecule has 66 valence electrons. The lowest BCUT2D eigenvalue weighted by molar-refractivity contribution is 0.557. The van der Waals surface area contributed by atoms with Crippen LogP contribution >= 0.6 is 11.6 Å². The summed E-state index contributed by atoms with van der Waals surface area (Å²) < 4.78 is 34.5. The van der Waals surface area contributed by atoms with E-state index < -0.39 is 20.7 Å². The Labute approximate surface area is 74.1 Å². The number of pyridine rings is 1. The number of aromatic nitrogens is 1. The molecule has 0 atom stereocenters. The lowest BCUT2D eigenvalue weighted by Crippen LogP contribution is -2.03. The molecule has 0 amide bonds. The van der Waals surface area contributed by atoms with Crippen LogP contribution in [0.25, 0.3) is 0 Å². The first-order chi connectivity index (χ1) is 5.41. The minimum Gasteiger partial charge on any atom is -0.222 e. The van der Waals surface area contributed by atoms with Gasteiger partial charge in [-0.05, 0) is 12.1 Å². The summed E-state index contributed by atoms with van der Waals surface area (Å²) >= 11 is 5.38. The predicted molar refractivity (Wildman–Crippen MR) is 42.3 cm³/mol. The van der Waals surface area contributed by atoms with Gasteiger partial charge < -0.3 is 0 Å². The molecule has 0 N–H and O–H groups in total. The van der Waals surface area contributed by atoms with Crippen LogP contribution in [-0.2, 0) is 9.84 Å². The van der Waals surface area contributed by atoms with Crippen LogP contribution in [0, 0.1) is 5.82 Å². The Kier molecular flexibility index (Phi) is 2.34. The largest absolute Gasteiger partial charge is 0.222 e. The quantitative estimate of drug-likeness (QED) is 0.655. The zero-order valence-corrected chi connectivity index (χ0v) is 7.66. The van der Waals surface area contributed by atoms with Crippen molar-refractivity contribution in [3.05, 3.63) is 23.1 Å². The smallest absolute Gasteiger partial charge is 0.195 e. The van der Waals surface area contributed by atoms with Gasteiger partial charge in [0.15, 0.2) is 20.7 Å². The molecule has 0 spiro atoms. The topological polar surface area (TPSA) is 47.0 Å². The van der Waals surface area contributed by atoms with E-state index in [9.17, 15) is 12.8 Å². The third-order valence-electron chi connectivity index (χ3n) is 1.13. The molecule has 0 aromatic carbocycles. The van der Waals surface area contributed by atoms with Gasteiger partial charge in [0.05, 0.1) is 0 Å². The molecular weight excluding hydrogens is 205 g/mol. The molecular formula is C6H5ClFNO2S. The number of nitrogens with zero attached hydrogens (tertiary/aromatic N) is 1. The fourth-order valence-corrected chi connectivity index (χ4v) is 1.54. The molecule has 0 bridgehead atoms. The van der Waals surface area contributed by atoms with Crippen molar-refractivity contribution >= 4 is 21.4 Å². The van der Waals surface area contributed by atoms with Crippen molar-refractivity contribution in [3.8, 4) is 0 Å². The van der Waals surface area contributed by atoms with Gasteiger partial charge in [0.25, 0.3) is 0 Å². The van der Waals surface area contributed by atoms with Gasteiger partial charge in [0.1, 0.15) is 5.15 Å². The van der Waals surface area contributed by atoms with Gasteiger partial charge in [0, 0.05) is 6.26 Å². The number of rotatable bonds is 1. The van der Waals surface area contributed by atoms with Crippen molar-refractivity contribution in [3.63, 3.8) is 0 Å². The number of hydrogen-bond donors (Lipinski definition) is 0. The molecule has 1 aromatic heterocycles. The van der Waals surface area contributed by atoms with Crippen LogP contribution in [0.4, 0.5) is 4.39 Å². The summed E-state index contributed by atoms with van der Waals surface area (Å²) in [5.41, 5.74) is 0. The molecule has 0 saturated heterocycles. The SMILES string of the molecule is CS(=O)(=O)c1nc(Cl)ccc1F. The van der Waals surface area contributed by atoms with E-state index in [-0.39, 0.29) is 5.15 Å². The van der Waals surface area contributed by atoms with E-state index in [2.05, 4.69) is 4.98 Å². The van der Waals surface area contributed by atoms with Crippen molar-refractivity contribution in [1.82, 2.24) is 4.98 Å².